The van der Waals surface area contributed by atoms with Gasteiger partial charge in [0.2, 0.25) is 0 Å². The summed E-state index contributed by atoms with van der Waals surface area (Å²) in [5, 5.41) is 1.68. The van der Waals surface area contributed by atoms with Crippen molar-refractivity contribution in [3.63, 3.8) is 0 Å². The van der Waals surface area contributed by atoms with E-state index in [0.717, 1.165) is 0 Å². The molecule has 60 valence electrons. The van der Waals surface area contributed by atoms with Crippen LogP contribution in [0.3, 0.4) is 0 Å². The minimum atomic E-state index is -2.49. The molecular weight excluding hydrogens is 236 g/mol. The maximum Gasteiger partial charge on any atom is 0.257 e. The zero-order valence-corrected chi connectivity index (χ0v) is 7.75. The van der Waals surface area contributed by atoms with Gasteiger partial charge in [-0.2, -0.15) is 0 Å². The zero-order valence-electron chi connectivity index (χ0n) is 5.35. The summed E-state index contributed by atoms with van der Waals surface area (Å²) in [6, 6.07) is 0. The van der Waals surface area contributed by atoms with Crippen molar-refractivity contribution in [3.8, 4) is 0 Å². The minimum Gasteiger partial charge on any atom is -0.234 e. The second-order valence-electron chi connectivity index (χ2n) is 2.54. The van der Waals surface area contributed by atoms with E-state index in [1.807, 2.05) is 0 Å². The first-order chi connectivity index (χ1) is 5.09. The fraction of sp³-hybridized carbons (Fsp3) is 0.500. The van der Waals surface area contributed by atoms with Gasteiger partial charge in [-0.25, -0.2) is 13.8 Å². The summed E-state index contributed by atoms with van der Waals surface area (Å²) < 4.78 is 25.6. The molecule has 1 aliphatic rings. The molecule has 0 saturated heterocycles. The molecule has 5 heteroatoms. The third kappa shape index (κ3) is 1.31. The molecule has 2 rings (SSSR count). The molecule has 1 heterocycles. The summed E-state index contributed by atoms with van der Waals surface area (Å²) in [5.74, 6) is -3.11. The quantitative estimate of drug-likeness (QED) is 0.735. The van der Waals surface area contributed by atoms with Gasteiger partial charge in [-0.05, 0) is 15.9 Å². The monoisotopic (exact) mass is 239 g/mol. The van der Waals surface area contributed by atoms with Crippen molar-refractivity contribution < 1.29 is 8.78 Å². The first-order valence-electron chi connectivity index (χ1n) is 3.08. The van der Waals surface area contributed by atoms with Crippen LogP contribution in [0.25, 0.3) is 0 Å². The summed E-state index contributed by atoms with van der Waals surface area (Å²) in [6.45, 7) is 0. The molecule has 0 aliphatic heterocycles. The van der Waals surface area contributed by atoms with Gasteiger partial charge in [0.1, 0.15) is 0 Å². The van der Waals surface area contributed by atoms with Gasteiger partial charge in [0.25, 0.3) is 5.92 Å². The fourth-order valence-corrected chi connectivity index (χ4v) is 2.04. The van der Waals surface area contributed by atoms with Crippen molar-refractivity contribution in [1.29, 1.82) is 0 Å². The molecule has 1 fully saturated rings. The van der Waals surface area contributed by atoms with Crippen LogP contribution < -0.4 is 0 Å². The molecule has 1 saturated carbocycles. The van der Waals surface area contributed by atoms with E-state index in [-0.39, 0.29) is 6.42 Å². The molecule has 0 spiro atoms. The topological polar surface area (TPSA) is 12.9 Å². The van der Waals surface area contributed by atoms with E-state index in [1.54, 1.807) is 5.38 Å². The molecule has 1 aromatic rings. The lowest BCUT2D eigenvalue weighted by Crippen LogP contribution is -1.92. The van der Waals surface area contributed by atoms with Crippen LogP contribution in [0, 0.1) is 0 Å². The molecule has 0 radical (unpaired) electrons. The number of aromatic nitrogens is 1. The largest absolute Gasteiger partial charge is 0.257 e. The highest BCUT2D eigenvalue weighted by Crippen LogP contribution is 2.55. The second kappa shape index (κ2) is 2.23. The smallest absolute Gasteiger partial charge is 0.234 e. The van der Waals surface area contributed by atoms with Gasteiger partial charge in [0, 0.05) is 11.8 Å². The van der Waals surface area contributed by atoms with Gasteiger partial charge < -0.3 is 0 Å². The maximum atomic E-state index is 12.4. The number of halogens is 3. The summed E-state index contributed by atoms with van der Waals surface area (Å²) in [5.41, 5.74) is 0.520. The van der Waals surface area contributed by atoms with Crippen LogP contribution in [0.1, 0.15) is 18.0 Å². The van der Waals surface area contributed by atoms with Crippen molar-refractivity contribution in [2.45, 2.75) is 18.3 Å². The van der Waals surface area contributed by atoms with Crippen LogP contribution in [0.4, 0.5) is 8.78 Å². The van der Waals surface area contributed by atoms with Crippen molar-refractivity contribution in [2.75, 3.05) is 0 Å². The van der Waals surface area contributed by atoms with Gasteiger partial charge in [-0.15, -0.1) is 11.3 Å². The second-order valence-corrected chi connectivity index (χ2v) is 4.68. The Kier molecular flexibility index (Phi) is 1.54. The van der Waals surface area contributed by atoms with Crippen molar-refractivity contribution in [2.24, 2.45) is 0 Å². The van der Waals surface area contributed by atoms with Gasteiger partial charge in [0.15, 0.2) is 3.92 Å². The van der Waals surface area contributed by atoms with Crippen LogP contribution in [0.5, 0.6) is 0 Å². The molecule has 1 nitrogen and oxygen atoms in total. The fourth-order valence-electron chi connectivity index (χ4n) is 0.957. The van der Waals surface area contributed by atoms with Crippen LogP contribution in [-0.2, 0) is 0 Å². The highest BCUT2D eigenvalue weighted by atomic mass is 79.9. The predicted molar refractivity (Wildman–Crippen MR) is 42.1 cm³/mol. The Hall–Kier alpha value is -0.0300. The summed E-state index contributed by atoms with van der Waals surface area (Å²) in [4.78, 5) is 3.92. The Morgan fingerprint density at radius 2 is 2.36 bits per heavy atom. The van der Waals surface area contributed by atoms with E-state index in [1.165, 1.54) is 11.3 Å². The molecule has 0 amide bonds. The van der Waals surface area contributed by atoms with E-state index in [2.05, 4.69) is 20.9 Å². The van der Waals surface area contributed by atoms with Gasteiger partial charge in [0.05, 0.1) is 11.6 Å². The standard InChI is InChI=1S/C6H4BrF2NS/c7-5-10-4(2-11-5)3-1-6(3,8)9/h2-3H,1H2. The molecule has 0 N–H and O–H groups in total. The van der Waals surface area contributed by atoms with E-state index in [9.17, 15) is 8.78 Å². The van der Waals surface area contributed by atoms with E-state index >= 15 is 0 Å². The number of nitrogens with zero attached hydrogens (tertiary/aromatic N) is 1. The Bertz CT molecular complexity index is 286. The number of hydrogen-bond donors (Lipinski definition) is 0. The SMILES string of the molecule is FC1(F)CC1c1csc(Br)n1. The third-order valence-electron chi connectivity index (χ3n) is 1.68. The summed E-state index contributed by atoms with van der Waals surface area (Å²) >= 11 is 4.47. The summed E-state index contributed by atoms with van der Waals surface area (Å²) in [7, 11) is 0. The van der Waals surface area contributed by atoms with E-state index in [4.69, 9.17) is 0 Å². The van der Waals surface area contributed by atoms with Crippen molar-refractivity contribution >= 4 is 27.3 Å². The first-order valence-corrected chi connectivity index (χ1v) is 4.75. The normalized spacial score (nSPS) is 27.0. The average Bonchev–Trinajstić information content (AvgIpc) is 2.39. The predicted octanol–water partition coefficient (Wildman–Crippen LogP) is 3.03. The van der Waals surface area contributed by atoms with Crippen LogP contribution in [0.2, 0.25) is 0 Å². The van der Waals surface area contributed by atoms with Crippen molar-refractivity contribution in [3.05, 3.63) is 15.0 Å². The Labute approximate surface area is 74.6 Å². The van der Waals surface area contributed by atoms with Crippen LogP contribution in [0.15, 0.2) is 9.30 Å². The minimum absolute atomic E-state index is 0.0385. The summed E-state index contributed by atoms with van der Waals surface area (Å²) in [6.07, 6.45) is -0.0385. The molecule has 1 aromatic heterocycles. The lowest BCUT2D eigenvalue weighted by atomic mass is 10.3. The first kappa shape index (κ1) is 7.61. The van der Waals surface area contributed by atoms with E-state index in [0.29, 0.717) is 9.61 Å². The van der Waals surface area contributed by atoms with Crippen LogP contribution >= 0.6 is 27.3 Å². The zero-order chi connectivity index (χ0) is 8.06. The Morgan fingerprint density at radius 3 is 2.73 bits per heavy atom. The molecular formula is C6H4BrF2NS. The molecule has 1 unspecified atom stereocenters. The molecule has 0 aromatic carbocycles. The van der Waals surface area contributed by atoms with E-state index < -0.39 is 11.8 Å². The van der Waals surface area contributed by atoms with Gasteiger partial charge >= 0.3 is 0 Å². The molecule has 11 heavy (non-hydrogen) atoms. The molecule has 1 atom stereocenters. The average molecular weight is 240 g/mol. The van der Waals surface area contributed by atoms with Gasteiger partial charge in [-0.1, -0.05) is 0 Å². The lowest BCUT2D eigenvalue weighted by Gasteiger charge is -1.90. The van der Waals surface area contributed by atoms with Gasteiger partial charge in [-0.3, -0.25) is 0 Å². The Morgan fingerprint density at radius 1 is 1.73 bits per heavy atom. The highest BCUT2D eigenvalue weighted by molar-refractivity contribution is 9.11. The third-order valence-corrected chi connectivity index (χ3v) is 3.06. The highest BCUT2D eigenvalue weighted by Gasteiger charge is 2.58. The Balaban J connectivity index is 2.20. The number of hydrogen-bond acceptors (Lipinski definition) is 2. The number of rotatable bonds is 1. The maximum absolute atomic E-state index is 12.4. The number of thiazole rings is 1. The lowest BCUT2D eigenvalue weighted by molar-refractivity contribution is 0.111. The molecule has 0 bridgehead atoms. The van der Waals surface area contributed by atoms with Crippen molar-refractivity contribution in [1.82, 2.24) is 4.98 Å². The molecule has 1 aliphatic carbocycles. The van der Waals surface area contributed by atoms with Crippen LogP contribution in [-0.4, -0.2) is 10.9 Å². The number of alkyl halides is 2.